The molecule has 1 nitrogen and oxygen atoms in total. The molecule has 0 amide bonds. The van der Waals surface area contributed by atoms with Crippen LogP contribution in [0.3, 0.4) is 0 Å². The predicted molar refractivity (Wildman–Crippen MR) is 58.4 cm³/mol. The van der Waals surface area contributed by atoms with Gasteiger partial charge in [-0.1, -0.05) is 28.4 Å². The van der Waals surface area contributed by atoms with Crippen LogP contribution in [0, 0.1) is 11.7 Å². The molecular formula is C11H13BrFN. The number of hydrogen-bond acceptors (Lipinski definition) is 1. The van der Waals surface area contributed by atoms with Crippen LogP contribution in [0.1, 0.15) is 30.9 Å². The van der Waals surface area contributed by atoms with E-state index in [0.29, 0.717) is 5.92 Å². The predicted octanol–water partition coefficient (Wildman–Crippen LogP) is 3.39. The van der Waals surface area contributed by atoms with Crippen molar-refractivity contribution in [1.29, 1.82) is 0 Å². The lowest BCUT2D eigenvalue weighted by atomic mass is 9.77. The average molecular weight is 258 g/mol. The third-order valence-corrected chi connectivity index (χ3v) is 3.67. The first-order valence-electron chi connectivity index (χ1n) is 4.89. The SMILES string of the molecule is NC(c1ccc(F)cc1Br)C1CCC1. The molecule has 1 fully saturated rings. The first-order valence-corrected chi connectivity index (χ1v) is 5.68. The summed E-state index contributed by atoms with van der Waals surface area (Å²) in [5.74, 6) is 0.359. The largest absolute Gasteiger partial charge is 0.324 e. The maximum atomic E-state index is 12.8. The standard InChI is InChI=1S/C11H13BrFN/c12-10-6-8(13)4-5-9(10)11(14)7-2-1-3-7/h4-7,11H,1-3,14H2. The van der Waals surface area contributed by atoms with Crippen LogP contribution in [0.2, 0.25) is 0 Å². The van der Waals surface area contributed by atoms with Gasteiger partial charge in [0.2, 0.25) is 0 Å². The summed E-state index contributed by atoms with van der Waals surface area (Å²) in [5.41, 5.74) is 7.12. The van der Waals surface area contributed by atoms with Gasteiger partial charge in [-0.15, -0.1) is 0 Å². The molecule has 1 aromatic carbocycles. The first kappa shape index (κ1) is 10.1. The third kappa shape index (κ3) is 1.84. The van der Waals surface area contributed by atoms with Crippen LogP contribution in [-0.2, 0) is 0 Å². The lowest BCUT2D eigenvalue weighted by molar-refractivity contribution is 0.264. The van der Waals surface area contributed by atoms with Crippen LogP contribution >= 0.6 is 15.9 Å². The Morgan fingerprint density at radius 3 is 2.64 bits per heavy atom. The van der Waals surface area contributed by atoms with Gasteiger partial charge in [0, 0.05) is 10.5 Å². The topological polar surface area (TPSA) is 26.0 Å². The van der Waals surface area contributed by atoms with Crippen LogP contribution in [0.25, 0.3) is 0 Å². The average Bonchev–Trinajstić information content (AvgIpc) is 2.00. The van der Waals surface area contributed by atoms with E-state index in [1.165, 1.54) is 31.4 Å². The Balaban J connectivity index is 2.22. The summed E-state index contributed by atoms with van der Waals surface area (Å²) in [6.45, 7) is 0. The lowest BCUT2D eigenvalue weighted by Crippen LogP contribution is -2.27. The minimum absolute atomic E-state index is 0.0544. The van der Waals surface area contributed by atoms with Crippen molar-refractivity contribution >= 4 is 15.9 Å². The second-order valence-electron chi connectivity index (χ2n) is 3.88. The van der Waals surface area contributed by atoms with Crippen LogP contribution in [0.15, 0.2) is 22.7 Å². The quantitative estimate of drug-likeness (QED) is 0.864. The fraction of sp³-hybridized carbons (Fsp3) is 0.455. The molecule has 1 aromatic rings. The van der Waals surface area contributed by atoms with Crippen LogP contribution in [0.5, 0.6) is 0 Å². The van der Waals surface area contributed by atoms with Crippen molar-refractivity contribution in [3.05, 3.63) is 34.1 Å². The highest BCUT2D eigenvalue weighted by molar-refractivity contribution is 9.10. The summed E-state index contributed by atoms with van der Waals surface area (Å²) < 4.78 is 13.6. The van der Waals surface area contributed by atoms with Gasteiger partial charge in [0.05, 0.1) is 0 Å². The highest BCUT2D eigenvalue weighted by atomic mass is 79.9. The van der Waals surface area contributed by atoms with Crippen LogP contribution in [-0.4, -0.2) is 0 Å². The summed E-state index contributed by atoms with van der Waals surface area (Å²) in [7, 11) is 0. The number of hydrogen-bond donors (Lipinski definition) is 1. The molecular weight excluding hydrogens is 245 g/mol. The van der Waals surface area contributed by atoms with Gasteiger partial charge < -0.3 is 5.73 Å². The van der Waals surface area contributed by atoms with E-state index in [1.807, 2.05) is 0 Å². The van der Waals surface area contributed by atoms with Gasteiger partial charge in [-0.2, -0.15) is 0 Å². The van der Waals surface area contributed by atoms with Gasteiger partial charge in [0.15, 0.2) is 0 Å². The van der Waals surface area contributed by atoms with Gasteiger partial charge in [-0.25, -0.2) is 4.39 Å². The molecule has 2 rings (SSSR count). The maximum Gasteiger partial charge on any atom is 0.124 e. The van der Waals surface area contributed by atoms with Crippen molar-refractivity contribution in [1.82, 2.24) is 0 Å². The van der Waals surface area contributed by atoms with Gasteiger partial charge in [0.25, 0.3) is 0 Å². The summed E-state index contributed by atoms with van der Waals surface area (Å²) >= 11 is 3.35. The van der Waals surface area contributed by atoms with E-state index < -0.39 is 0 Å². The molecule has 3 heteroatoms. The molecule has 0 spiro atoms. The van der Waals surface area contributed by atoms with Gasteiger partial charge in [0.1, 0.15) is 5.82 Å². The zero-order chi connectivity index (χ0) is 10.1. The van der Waals surface area contributed by atoms with Crippen molar-refractivity contribution in [2.24, 2.45) is 11.7 Å². The molecule has 1 saturated carbocycles. The Morgan fingerprint density at radius 1 is 1.43 bits per heavy atom. The van der Waals surface area contributed by atoms with Gasteiger partial charge >= 0.3 is 0 Å². The van der Waals surface area contributed by atoms with E-state index in [4.69, 9.17) is 5.73 Å². The molecule has 0 radical (unpaired) electrons. The molecule has 1 unspecified atom stereocenters. The molecule has 1 aliphatic carbocycles. The number of rotatable bonds is 2. The molecule has 2 N–H and O–H groups in total. The van der Waals surface area contributed by atoms with E-state index in [1.54, 1.807) is 6.07 Å². The monoisotopic (exact) mass is 257 g/mol. The van der Waals surface area contributed by atoms with Crippen molar-refractivity contribution in [2.75, 3.05) is 0 Å². The molecule has 1 aliphatic rings. The van der Waals surface area contributed by atoms with Crippen molar-refractivity contribution < 1.29 is 4.39 Å². The molecule has 0 heterocycles. The van der Waals surface area contributed by atoms with Crippen LogP contribution in [0.4, 0.5) is 4.39 Å². The molecule has 0 bridgehead atoms. The fourth-order valence-corrected chi connectivity index (χ4v) is 2.44. The van der Waals surface area contributed by atoms with E-state index in [0.717, 1.165) is 10.0 Å². The molecule has 14 heavy (non-hydrogen) atoms. The normalized spacial score (nSPS) is 19.1. The summed E-state index contributed by atoms with van der Waals surface area (Å²) in [6, 6.07) is 4.79. The van der Waals surface area contributed by atoms with Gasteiger partial charge in [-0.3, -0.25) is 0 Å². The Kier molecular flexibility index (Phi) is 2.88. The highest BCUT2D eigenvalue weighted by Crippen LogP contribution is 2.38. The first-order chi connectivity index (χ1) is 6.68. The third-order valence-electron chi connectivity index (χ3n) is 2.98. The number of benzene rings is 1. The van der Waals surface area contributed by atoms with Gasteiger partial charge in [-0.05, 0) is 36.5 Å². The summed E-state index contributed by atoms with van der Waals surface area (Å²) in [6.07, 6.45) is 3.67. The number of nitrogens with two attached hydrogens (primary N) is 1. The Bertz CT molecular complexity index is 336. The Labute approximate surface area is 91.6 Å². The zero-order valence-electron chi connectivity index (χ0n) is 7.84. The summed E-state index contributed by atoms with van der Waals surface area (Å²) in [5, 5.41) is 0. The minimum Gasteiger partial charge on any atom is -0.324 e. The zero-order valence-corrected chi connectivity index (χ0v) is 9.43. The second-order valence-corrected chi connectivity index (χ2v) is 4.74. The van der Waals surface area contributed by atoms with E-state index >= 15 is 0 Å². The van der Waals surface area contributed by atoms with Crippen LogP contribution < -0.4 is 5.73 Å². The van der Waals surface area contributed by atoms with E-state index in [9.17, 15) is 4.39 Å². The molecule has 1 atom stereocenters. The fourth-order valence-electron chi connectivity index (χ4n) is 1.82. The van der Waals surface area contributed by atoms with Crippen molar-refractivity contribution in [3.8, 4) is 0 Å². The molecule has 0 saturated heterocycles. The minimum atomic E-state index is -0.221. The van der Waals surface area contributed by atoms with E-state index in [-0.39, 0.29) is 11.9 Å². The molecule has 0 aromatic heterocycles. The van der Waals surface area contributed by atoms with Crippen molar-refractivity contribution in [2.45, 2.75) is 25.3 Å². The molecule has 0 aliphatic heterocycles. The summed E-state index contributed by atoms with van der Waals surface area (Å²) in [4.78, 5) is 0. The highest BCUT2D eigenvalue weighted by Gasteiger charge is 2.26. The molecule has 76 valence electrons. The maximum absolute atomic E-state index is 12.8. The lowest BCUT2D eigenvalue weighted by Gasteiger charge is -2.31. The van der Waals surface area contributed by atoms with E-state index in [2.05, 4.69) is 15.9 Å². The Morgan fingerprint density at radius 2 is 2.14 bits per heavy atom. The van der Waals surface area contributed by atoms with Crippen molar-refractivity contribution in [3.63, 3.8) is 0 Å². The smallest absolute Gasteiger partial charge is 0.124 e. The second kappa shape index (κ2) is 3.99. The number of halogens is 2. The Hall–Kier alpha value is -0.410.